The van der Waals surface area contributed by atoms with Gasteiger partial charge >= 0.3 is 0 Å². The van der Waals surface area contributed by atoms with Gasteiger partial charge in [-0.2, -0.15) is 0 Å². The van der Waals surface area contributed by atoms with Crippen molar-refractivity contribution in [1.82, 2.24) is 4.57 Å². The molecule has 0 fully saturated rings. The molecule has 0 unspecified atom stereocenters. The van der Waals surface area contributed by atoms with E-state index < -0.39 is 5.54 Å². The molecule has 1 aromatic carbocycles. The third-order valence-corrected chi connectivity index (χ3v) is 2.84. The fourth-order valence-corrected chi connectivity index (χ4v) is 2.09. The highest BCUT2D eigenvalue weighted by Gasteiger charge is 2.13. The van der Waals surface area contributed by atoms with E-state index in [1.807, 2.05) is 45.0 Å². The van der Waals surface area contributed by atoms with Gasteiger partial charge in [0, 0.05) is 23.7 Å². The average molecular weight is 260 g/mol. The minimum absolute atomic E-state index is 0.0147. The topological polar surface area (TPSA) is 57.2 Å². The van der Waals surface area contributed by atoms with Crippen LogP contribution < -0.4 is 16.0 Å². The van der Waals surface area contributed by atoms with Crippen molar-refractivity contribution >= 4 is 10.8 Å². The Morgan fingerprint density at radius 2 is 2.05 bits per heavy atom. The maximum Gasteiger partial charge on any atom is 0.258 e. The first-order valence-corrected chi connectivity index (χ1v) is 6.45. The first kappa shape index (κ1) is 13.6. The molecule has 0 saturated carbocycles. The van der Waals surface area contributed by atoms with Gasteiger partial charge in [0.25, 0.3) is 5.56 Å². The van der Waals surface area contributed by atoms with Crippen LogP contribution in [0.5, 0.6) is 5.75 Å². The van der Waals surface area contributed by atoms with Crippen LogP contribution >= 0.6 is 0 Å². The molecule has 0 saturated heterocycles. The maximum atomic E-state index is 12.3. The number of fused-ring (bicyclic) bond motifs is 1. The number of nitrogens with zero attached hydrogens (tertiary/aromatic N) is 1. The molecule has 0 radical (unpaired) electrons. The molecule has 4 heteroatoms. The van der Waals surface area contributed by atoms with Crippen molar-refractivity contribution in [3.8, 4) is 5.75 Å². The van der Waals surface area contributed by atoms with Crippen LogP contribution in [0.3, 0.4) is 0 Å². The van der Waals surface area contributed by atoms with E-state index in [0.29, 0.717) is 18.5 Å². The maximum absolute atomic E-state index is 12.3. The van der Waals surface area contributed by atoms with Gasteiger partial charge in [-0.05, 0) is 50.4 Å². The van der Waals surface area contributed by atoms with E-state index in [1.165, 1.54) is 0 Å². The molecule has 0 bridgehead atoms. The Morgan fingerprint density at radius 1 is 1.32 bits per heavy atom. The first-order chi connectivity index (χ1) is 8.90. The summed E-state index contributed by atoms with van der Waals surface area (Å²) in [5, 5.41) is 1.58. The lowest BCUT2D eigenvalue weighted by Gasteiger charge is -2.20. The van der Waals surface area contributed by atoms with E-state index in [1.54, 1.807) is 10.8 Å². The summed E-state index contributed by atoms with van der Waals surface area (Å²) in [6.07, 6.45) is 1.79. The Morgan fingerprint density at radius 3 is 2.68 bits per heavy atom. The number of benzene rings is 1. The SMILES string of the molecule is CCOc1ccc2c(=O)n(CC(C)(C)N)ccc2c1. The summed E-state index contributed by atoms with van der Waals surface area (Å²) >= 11 is 0. The fraction of sp³-hybridized carbons (Fsp3) is 0.400. The molecule has 19 heavy (non-hydrogen) atoms. The Bertz CT molecular complexity index is 639. The Kier molecular flexibility index (Phi) is 3.62. The van der Waals surface area contributed by atoms with Crippen molar-refractivity contribution in [3.05, 3.63) is 40.8 Å². The van der Waals surface area contributed by atoms with Gasteiger partial charge in [0.15, 0.2) is 0 Å². The van der Waals surface area contributed by atoms with E-state index in [2.05, 4.69) is 0 Å². The second-order valence-electron chi connectivity index (χ2n) is 5.42. The lowest BCUT2D eigenvalue weighted by atomic mass is 10.1. The predicted octanol–water partition coefficient (Wildman–Crippen LogP) is 2.14. The van der Waals surface area contributed by atoms with Gasteiger partial charge in [0.05, 0.1) is 6.61 Å². The largest absolute Gasteiger partial charge is 0.494 e. The summed E-state index contributed by atoms with van der Waals surface area (Å²) in [7, 11) is 0. The molecular weight excluding hydrogens is 240 g/mol. The zero-order valence-corrected chi connectivity index (χ0v) is 11.6. The van der Waals surface area contributed by atoms with Crippen molar-refractivity contribution < 1.29 is 4.74 Å². The van der Waals surface area contributed by atoms with Gasteiger partial charge in [-0.25, -0.2) is 0 Å². The van der Waals surface area contributed by atoms with E-state index in [9.17, 15) is 4.79 Å². The summed E-state index contributed by atoms with van der Waals surface area (Å²) in [4.78, 5) is 12.3. The van der Waals surface area contributed by atoms with Gasteiger partial charge in [0.2, 0.25) is 0 Å². The summed E-state index contributed by atoms with van der Waals surface area (Å²) in [5.41, 5.74) is 5.54. The molecule has 4 nitrogen and oxygen atoms in total. The zero-order chi connectivity index (χ0) is 14.0. The monoisotopic (exact) mass is 260 g/mol. The summed E-state index contributed by atoms with van der Waals surface area (Å²) in [6, 6.07) is 7.44. The summed E-state index contributed by atoms with van der Waals surface area (Å²) < 4.78 is 7.09. The number of hydrogen-bond donors (Lipinski definition) is 1. The fourth-order valence-electron chi connectivity index (χ4n) is 2.09. The van der Waals surface area contributed by atoms with Crippen molar-refractivity contribution in [2.45, 2.75) is 32.9 Å². The van der Waals surface area contributed by atoms with Gasteiger partial charge in [0.1, 0.15) is 5.75 Å². The zero-order valence-electron chi connectivity index (χ0n) is 11.6. The highest BCUT2D eigenvalue weighted by molar-refractivity contribution is 5.82. The number of rotatable bonds is 4. The van der Waals surface area contributed by atoms with Gasteiger partial charge in [-0.1, -0.05) is 0 Å². The van der Waals surface area contributed by atoms with Crippen LogP contribution in [-0.2, 0) is 6.54 Å². The standard InChI is InChI=1S/C15H20N2O2/c1-4-19-12-5-6-13-11(9-12)7-8-17(14(13)18)10-15(2,3)16/h5-9H,4,10,16H2,1-3H3. The van der Waals surface area contributed by atoms with Crippen molar-refractivity contribution in [2.75, 3.05) is 6.61 Å². The lowest BCUT2D eigenvalue weighted by molar-refractivity contribution is 0.340. The normalized spacial score (nSPS) is 11.8. The molecule has 0 aliphatic carbocycles. The molecule has 1 aromatic heterocycles. The molecule has 0 spiro atoms. The average Bonchev–Trinajstić information content (AvgIpc) is 2.32. The van der Waals surface area contributed by atoms with Crippen LogP contribution in [0.1, 0.15) is 20.8 Å². The quantitative estimate of drug-likeness (QED) is 0.916. The lowest BCUT2D eigenvalue weighted by Crippen LogP contribution is -2.40. The number of nitrogens with two attached hydrogens (primary N) is 1. The molecule has 2 rings (SSSR count). The Balaban J connectivity index is 2.48. The van der Waals surface area contributed by atoms with Gasteiger partial charge in [-0.15, -0.1) is 0 Å². The van der Waals surface area contributed by atoms with Crippen LogP contribution in [0.2, 0.25) is 0 Å². The minimum Gasteiger partial charge on any atom is -0.494 e. The Labute approximate surface area is 112 Å². The highest BCUT2D eigenvalue weighted by atomic mass is 16.5. The second-order valence-corrected chi connectivity index (χ2v) is 5.42. The third-order valence-electron chi connectivity index (χ3n) is 2.84. The molecule has 2 aromatic rings. The van der Waals surface area contributed by atoms with Gasteiger partial charge in [-0.3, -0.25) is 4.79 Å². The summed E-state index contributed by atoms with van der Waals surface area (Å²) in [6.45, 7) is 6.86. The van der Waals surface area contributed by atoms with E-state index >= 15 is 0 Å². The highest BCUT2D eigenvalue weighted by Crippen LogP contribution is 2.18. The number of ether oxygens (including phenoxy) is 1. The first-order valence-electron chi connectivity index (χ1n) is 6.45. The van der Waals surface area contributed by atoms with Crippen LogP contribution in [0, 0.1) is 0 Å². The molecule has 0 amide bonds. The molecule has 102 valence electrons. The summed E-state index contributed by atoms with van der Waals surface area (Å²) in [5.74, 6) is 0.784. The minimum atomic E-state index is -0.414. The Hall–Kier alpha value is -1.81. The second kappa shape index (κ2) is 5.05. The molecule has 1 heterocycles. The third kappa shape index (κ3) is 3.15. The van der Waals surface area contributed by atoms with Crippen molar-refractivity contribution in [3.63, 3.8) is 0 Å². The van der Waals surface area contributed by atoms with Crippen molar-refractivity contribution in [1.29, 1.82) is 0 Å². The van der Waals surface area contributed by atoms with Crippen LogP contribution in [0.15, 0.2) is 35.3 Å². The molecule has 0 atom stereocenters. The van der Waals surface area contributed by atoms with Crippen LogP contribution in [0.4, 0.5) is 0 Å². The van der Waals surface area contributed by atoms with E-state index in [4.69, 9.17) is 10.5 Å². The number of hydrogen-bond acceptors (Lipinski definition) is 3. The number of aromatic nitrogens is 1. The number of pyridine rings is 1. The van der Waals surface area contributed by atoms with Crippen molar-refractivity contribution in [2.24, 2.45) is 5.73 Å². The smallest absolute Gasteiger partial charge is 0.258 e. The molecule has 0 aliphatic rings. The molecular formula is C15H20N2O2. The predicted molar refractivity (Wildman–Crippen MR) is 77.6 cm³/mol. The van der Waals surface area contributed by atoms with E-state index in [0.717, 1.165) is 11.1 Å². The van der Waals surface area contributed by atoms with E-state index in [-0.39, 0.29) is 5.56 Å². The molecule has 0 aliphatic heterocycles. The van der Waals surface area contributed by atoms with Gasteiger partial charge < -0.3 is 15.0 Å². The van der Waals surface area contributed by atoms with Crippen LogP contribution in [0.25, 0.3) is 10.8 Å². The molecule has 2 N–H and O–H groups in total. The van der Waals surface area contributed by atoms with Crippen LogP contribution in [-0.4, -0.2) is 16.7 Å².